The summed E-state index contributed by atoms with van der Waals surface area (Å²) in [7, 11) is 1.38. The molecule has 1 aromatic rings. The van der Waals surface area contributed by atoms with Crippen LogP contribution in [0.2, 0.25) is 5.02 Å². The van der Waals surface area contributed by atoms with E-state index < -0.39 is 17.9 Å². The van der Waals surface area contributed by atoms with Crippen LogP contribution in [0.5, 0.6) is 5.75 Å². The SMILES string of the molecule is COc1cc(N)c(Cl)cc1C(=O)NC(C)C(=O)O. The fraction of sp³-hybridized carbons (Fsp3) is 0.273. The Labute approximate surface area is 109 Å². The van der Waals surface area contributed by atoms with Gasteiger partial charge in [-0.25, -0.2) is 0 Å². The molecule has 0 radical (unpaired) electrons. The molecule has 0 aliphatic heterocycles. The van der Waals surface area contributed by atoms with E-state index in [1.807, 2.05) is 0 Å². The van der Waals surface area contributed by atoms with Crippen LogP contribution in [0.25, 0.3) is 0 Å². The zero-order valence-corrected chi connectivity index (χ0v) is 10.6. The van der Waals surface area contributed by atoms with Gasteiger partial charge in [0.05, 0.1) is 23.4 Å². The first-order valence-electron chi connectivity index (χ1n) is 5.03. The molecule has 1 amide bonds. The minimum atomic E-state index is -1.14. The van der Waals surface area contributed by atoms with E-state index in [1.54, 1.807) is 0 Å². The number of ether oxygens (including phenoxy) is 1. The highest BCUT2D eigenvalue weighted by Crippen LogP contribution is 2.28. The number of benzene rings is 1. The number of amides is 1. The molecule has 0 saturated heterocycles. The van der Waals surface area contributed by atoms with Gasteiger partial charge in [0, 0.05) is 6.07 Å². The van der Waals surface area contributed by atoms with Crippen LogP contribution in [-0.2, 0) is 4.79 Å². The van der Waals surface area contributed by atoms with E-state index in [0.29, 0.717) is 0 Å². The molecule has 7 heteroatoms. The highest BCUT2D eigenvalue weighted by atomic mass is 35.5. The van der Waals surface area contributed by atoms with E-state index in [4.69, 9.17) is 27.2 Å². The molecule has 1 aromatic carbocycles. The zero-order valence-electron chi connectivity index (χ0n) is 9.86. The third-order valence-electron chi connectivity index (χ3n) is 2.28. The summed E-state index contributed by atoms with van der Waals surface area (Å²) < 4.78 is 5.00. The number of carboxylic acid groups (broad SMARTS) is 1. The second-order valence-corrected chi connectivity index (χ2v) is 4.01. The van der Waals surface area contributed by atoms with Crippen molar-refractivity contribution in [1.29, 1.82) is 0 Å². The number of carboxylic acids is 1. The minimum absolute atomic E-state index is 0.129. The number of aliphatic carboxylic acids is 1. The molecule has 98 valence electrons. The summed E-state index contributed by atoms with van der Waals surface area (Å²) in [5.41, 5.74) is 5.98. The second kappa shape index (κ2) is 5.59. The van der Waals surface area contributed by atoms with Crippen LogP contribution in [0.15, 0.2) is 12.1 Å². The number of carbonyl (C=O) groups is 2. The fourth-order valence-corrected chi connectivity index (χ4v) is 1.42. The van der Waals surface area contributed by atoms with E-state index in [9.17, 15) is 9.59 Å². The van der Waals surface area contributed by atoms with Crippen molar-refractivity contribution in [2.75, 3.05) is 12.8 Å². The van der Waals surface area contributed by atoms with Crippen LogP contribution in [0, 0.1) is 0 Å². The molecular formula is C11H13ClN2O4. The van der Waals surface area contributed by atoms with Crippen LogP contribution < -0.4 is 15.8 Å². The van der Waals surface area contributed by atoms with Crippen molar-refractivity contribution in [1.82, 2.24) is 5.32 Å². The summed E-state index contributed by atoms with van der Waals surface area (Å²) in [6.07, 6.45) is 0. The third-order valence-corrected chi connectivity index (χ3v) is 2.61. The molecule has 4 N–H and O–H groups in total. The molecule has 1 unspecified atom stereocenters. The Morgan fingerprint density at radius 1 is 1.50 bits per heavy atom. The van der Waals surface area contributed by atoms with Gasteiger partial charge in [0.1, 0.15) is 11.8 Å². The molecule has 0 fully saturated rings. The lowest BCUT2D eigenvalue weighted by Gasteiger charge is -2.13. The van der Waals surface area contributed by atoms with Crippen molar-refractivity contribution in [3.8, 4) is 5.75 Å². The first-order valence-corrected chi connectivity index (χ1v) is 5.41. The molecule has 0 saturated carbocycles. The number of rotatable bonds is 4. The normalized spacial score (nSPS) is 11.7. The smallest absolute Gasteiger partial charge is 0.325 e. The van der Waals surface area contributed by atoms with Crippen molar-refractivity contribution < 1.29 is 19.4 Å². The number of nitrogens with one attached hydrogen (secondary N) is 1. The summed E-state index contributed by atoms with van der Waals surface area (Å²) in [5.74, 6) is -1.50. The zero-order chi connectivity index (χ0) is 13.9. The maximum absolute atomic E-state index is 11.8. The first-order chi connectivity index (χ1) is 8.36. The van der Waals surface area contributed by atoms with E-state index in [1.165, 1.54) is 26.2 Å². The molecular weight excluding hydrogens is 260 g/mol. The molecule has 0 heterocycles. The second-order valence-electron chi connectivity index (χ2n) is 3.61. The number of nitrogens with two attached hydrogens (primary N) is 1. The maximum Gasteiger partial charge on any atom is 0.325 e. The Morgan fingerprint density at radius 2 is 2.11 bits per heavy atom. The van der Waals surface area contributed by atoms with Gasteiger partial charge in [0.2, 0.25) is 0 Å². The van der Waals surface area contributed by atoms with E-state index in [-0.39, 0.29) is 22.0 Å². The molecule has 0 bridgehead atoms. The van der Waals surface area contributed by atoms with E-state index >= 15 is 0 Å². The molecule has 1 rings (SSSR count). The number of carbonyl (C=O) groups excluding carboxylic acids is 1. The van der Waals surface area contributed by atoms with Gasteiger partial charge in [0.15, 0.2) is 0 Å². The average molecular weight is 273 g/mol. The van der Waals surface area contributed by atoms with Crippen LogP contribution in [0.1, 0.15) is 17.3 Å². The number of anilines is 1. The highest BCUT2D eigenvalue weighted by Gasteiger charge is 2.19. The summed E-state index contributed by atoms with van der Waals surface area (Å²) in [5, 5.41) is 11.2. The fourth-order valence-electron chi connectivity index (χ4n) is 1.25. The first kappa shape index (κ1) is 14.1. The quantitative estimate of drug-likeness (QED) is 0.713. The third kappa shape index (κ3) is 3.04. The van der Waals surface area contributed by atoms with Gasteiger partial charge in [-0.3, -0.25) is 9.59 Å². The Hall–Kier alpha value is -1.95. The Kier molecular flexibility index (Phi) is 4.38. The molecule has 0 spiro atoms. The highest BCUT2D eigenvalue weighted by molar-refractivity contribution is 6.33. The maximum atomic E-state index is 11.8. The van der Waals surface area contributed by atoms with Crippen LogP contribution >= 0.6 is 11.6 Å². The van der Waals surface area contributed by atoms with Crippen molar-refractivity contribution in [2.24, 2.45) is 0 Å². The predicted octanol–water partition coefficient (Wildman–Crippen LogP) is 1.13. The molecule has 1 atom stereocenters. The van der Waals surface area contributed by atoms with Crippen LogP contribution in [0.3, 0.4) is 0 Å². The van der Waals surface area contributed by atoms with E-state index in [0.717, 1.165) is 0 Å². The number of nitrogen functional groups attached to an aromatic ring is 1. The van der Waals surface area contributed by atoms with Crippen LogP contribution in [0.4, 0.5) is 5.69 Å². The molecule has 0 aliphatic rings. The number of hydrogen-bond donors (Lipinski definition) is 3. The Morgan fingerprint density at radius 3 is 2.61 bits per heavy atom. The summed E-state index contributed by atoms with van der Waals surface area (Å²) >= 11 is 5.81. The number of methoxy groups -OCH3 is 1. The van der Waals surface area contributed by atoms with E-state index in [2.05, 4.69) is 5.32 Å². The number of halogens is 1. The summed E-state index contributed by atoms with van der Waals surface area (Å²) in [4.78, 5) is 22.5. The summed E-state index contributed by atoms with van der Waals surface area (Å²) in [6.45, 7) is 1.35. The lowest BCUT2D eigenvalue weighted by molar-refractivity contribution is -0.138. The average Bonchev–Trinajstić information content (AvgIpc) is 2.31. The standard InChI is InChI=1S/C11H13ClN2O4/c1-5(11(16)17)14-10(15)6-3-7(12)8(13)4-9(6)18-2/h3-5H,13H2,1-2H3,(H,14,15)(H,16,17). The van der Waals surface area contributed by atoms with Gasteiger partial charge in [0.25, 0.3) is 5.91 Å². The largest absolute Gasteiger partial charge is 0.496 e. The molecule has 0 aromatic heterocycles. The van der Waals surface area contributed by atoms with Gasteiger partial charge in [-0.05, 0) is 13.0 Å². The molecule has 0 aliphatic carbocycles. The van der Waals surface area contributed by atoms with Gasteiger partial charge < -0.3 is 20.9 Å². The predicted molar refractivity (Wildman–Crippen MR) is 67.0 cm³/mol. The van der Waals surface area contributed by atoms with Crippen molar-refractivity contribution in [2.45, 2.75) is 13.0 Å². The van der Waals surface area contributed by atoms with Gasteiger partial charge in [-0.15, -0.1) is 0 Å². The summed E-state index contributed by atoms with van der Waals surface area (Å²) in [6, 6.07) is 1.72. The van der Waals surface area contributed by atoms with Crippen molar-refractivity contribution in [3.05, 3.63) is 22.7 Å². The monoisotopic (exact) mass is 272 g/mol. The van der Waals surface area contributed by atoms with Crippen LogP contribution in [-0.4, -0.2) is 30.1 Å². The lowest BCUT2D eigenvalue weighted by atomic mass is 10.1. The Bertz CT molecular complexity index is 490. The molecule has 6 nitrogen and oxygen atoms in total. The van der Waals surface area contributed by atoms with Gasteiger partial charge >= 0.3 is 5.97 Å². The Balaban J connectivity index is 3.05. The molecule has 18 heavy (non-hydrogen) atoms. The van der Waals surface area contributed by atoms with Crippen molar-refractivity contribution in [3.63, 3.8) is 0 Å². The van der Waals surface area contributed by atoms with Gasteiger partial charge in [-0.2, -0.15) is 0 Å². The minimum Gasteiger partial charge on any atom is -0.496 e. The topological polar surface area (TPSA) is 102 Å². The lowest BCUT2D eigenvalue weighted by Crippen LogP contribution is -2.38. The van der Waals surface area contributed by atoms with Crippen molar-refractivity contribution >= 4 is 29.2 Å². The van der Waals surface area contributed by atoms with Gasteiger partial charge in [-0.1, -0.05) is 11.6 Å². The number of hydrogen-bond acceptors (Lipinski definition) is 4.